The van der Waals surface area contributed by atoms with Gasteiger partial charge >= 0.3 is 0 Å². The maximum atomic E-state index is 11.4. The van der Waals surface area contributed by atoms with Crippen molar-refractivity contribution in [2.75, 3.05) is 78.1 Å². The van der Waals surface area contributed by atoms with Crippen LogP contribution in [0.25, 0.3) is 0 Å². The van der Waals surface area contributed by atoms with E-state index in [0.29, 0.717) is 49.0 Å². The number of carbonyl (C=O) groups is 2. The second-order valence-corrected chi connectivity index (χ2v) is 15.1. The molecule has 2 aliphatic rings. The van der Waals surface area contributed by atoms with Gasteiger partial charge in [0.15, 0.2) is 12.4 Å². The van der Waals surface area contributed by atoms with Crippen molar-refractivity contribution in [3.63, 3.8) is 0 Å². The molecule has 2 heterocycles. The molecule has 55 heavy (non-hydrogen) atoms. The van der Waals surface area contributed by atoms with Gasteiger partial charge in [0.05, 0.1) is 19.3 Å². The number of aldehydes is 1. The predicted molar refractivity (Wildman–Crippen MR) is 218 cm³/mol. The molecule has 3 aromatic carbocycles. The Labute approximate surface area is 328 Å². The van der Waals surface area contributed by atoms with Gasteiger partial charge in [-0.05, 0) is 115 Å². The number of piperidine rings is 1. The molecule has 2 aliphatic heterocycles. The third-order valence-electron chi connectivity index (χ3n) is 10.4. The van der Waals surface area contributed by atoms with Crippen molar-refractivity contribution < 1.29 is 34.0 Å². The highest BCUT2D eigenvalue weighted by atomic mass is 16.5. The van der Waals surface area contributed by atoms with Crippen molar-refractivity contribution in [2.45, 2.75) is 83.8 Å². The largest absolute Gasteiger partial charge is 0.508 e. The zero-order valence-corrected chi connectivity index (χ0v) is 33.6. The van der Waals surface area contributed by atoms with Crippen molar-refractivity contribution >= 4 is 17.9 Å². The number of carbonyl (C=O) groups excluding carboxylic acids is 2. The summed E-state index contributed by atoms with van der Waals surface area (Å²) in [6, 6.07) is 20.6. The summed E-state index contributed by atoms with van der Waals surface area (Å²) in [5, 5.41) is 26.8. The van der Waals surface area contributed by atoms with Crippen molar-refractivity contribution in [3.8, 4) is 17.2 Å². The number of likely N-dealkylation sites (N-methyl/N-ethyl adjacent to an activating group) is 1. The summed E-state index contributed by atoms with van der Waals surface area (Å²) in [6.07, 6.45) is 6.17. The molecular formula is C44H64N4O7. The van der Waals surface area contributed by atoms with Crippen LogP contribution in [0, 0.1) is 0 Å². The maximum Gasteiger partial charge on any atom is 0.262 e. The minimum absolute atomic E-state index is 0.0117. The average molecular weight is 761 g/mol. The first kappa shape index (κ1) is 43.7. The molecule has 0 spiro atoms. The predicted octanol–water partition coefficient (Wildman–Crippen LogP) is 5.93. The van der Waals surface area contributed by atoms with Crippen LogP contribution in [0.4, 0.5) is 5.69 Å². The van der Waals surface area contributed by atoms with E-state index in [4.69, 9.17) is 14.2 Å². The number of rotatable bonds is 20. The second kappa shape index (κ2) is 22.5. The number of anilines is 1. The molecular weight excluding hydrogens is 697 g/mol. The van der Waals surface area contributed by atoms with Gasteiger partial charge in [-0.3, -0.25) is 4.79 Å². The molecule has 0 bridgehead atoms. The van der Waals surface area contributed by atoms with Crippen LogP contribution in [0.5, 0.6) is 17.2 Å². The van der Waals surface area contributed by atoms with Gasteiger partial charge < -0.3 is 49.7 Å². The molecule has 1 amide bonds. The van der Waals surface area contributed by atoms with E-state index in [1.807, 2.05) is 24.3 Å². The molecule has 1 saturated heterocycles. The van der Waals surface area contributed by atoms with E-state index < -0.39 is 0 Å². The van der Waals surface area contributed by atoms with Gasteiger partial charge in [-0.25, -0.2) is 0 Å². The van der Waals surface area contributed by atoms with E-state index in [9.17, 15) is 19.8 Å². The van der Waals surface area contributed by atoms with Gasteiger partial charge in [-0.2, -0.15) is 0 Å². The van der Waals surface area contributed by atoms with Crippen molar-refractivity contribution in [1.82, 2.24) is 15.1 Å². The Morgan fingerprint density at radius 2 is 1.69 bits per heavy atom. The quantitative estimate of drug-likeness (QED) is 0.0624. The number of ether oxygens (including phenoxy) is 3. The fraction of sp³-hybridized carbons (Fsp3) is 0.545. The number of nitrogens with zero attached hydrogens (tertiary/aromatic N) is 2. The Morgan fingerprint density at radius 3 is 2.40 bits per heavy atom. The monoisotopic (exact) mass is 760 g/mol. The summed E-state index contributed by atoms with van der Waals surface area (Å²) < 4.78 is 16.6. The highest BCUT2D eigenvalue weighted by molar-refractivity contribution is 5.97. The molecule has 0 atom stereocenters. The molecule has 3 aromatic rings. The normalized spacial score (nSPS) is 15.3. The van der Waals surface area contributed by atoms with Crippen molar-refractivity contribution in [2.24, 2.45) is 0 Å². The van der Waals surface area contributed by atoms with Crippen LogP contribution in [0.2, 0.25) is 0 Å². The number of fused-ring (bicyclic) bond motifs is 1. The van der Waals surface area contributed by atoms with E-state index in [1.54, 1.807) is 6.07 Å². The van der Waals surface area contributed by atoms with Crippen molar-refractivity contribution in [3.05, 3.63) is 82.9 Å². The maximum absolute atomic E-state index is 11.4. The van der Waals surface area contributed by atoms with Crippen LogP contribution in [0.3, 0.4) is 0 Å². The number of benzene rings is 3. The lowest BCUT2D eigenvalue weighted by Crippen LogP contribution is -2.45. The van der Waals surface area contributed by atoms with Crippen LogP contribution in [-0.4, -0.2) is 117 Å². The van der Waals surface area contributed by atoms with Crippen molar-refractivity contribution in [1.29, 1.82) is 0 Å². The van der Waals surface area contributed by atoms with Gasteiger partial charge in [-0.1, -0.05) is 48.5 Å². The second-order valence-electron chi connectivity index (χ2n) is 15.1. The summed E-state index contributed by atoms with van der Waals surface area (Å²) in [5.41, 5.74) is 4.64. The van der Waals surface area contributed by atoms with Gasteiger partial charge in [0, 0.05) is 49.7 Å². The summed E-state index contributed by atoms with van der Waals surface area (Å²) >= 11 is 0. The van der Waals surface area contributed by atoms with Crippen LogP contribution >= 0.6 is 0 Å². The molecule has 0 unspecified atom stereocenters. The van der Waals surface area contributed by atoms with Crippen LogP contribution in [0.1, 0.15) is 75.6 Å². The summed E-state index contributed by atoms with van der Waals surface area (Å²) in [4.78, 5) is 26.6. The van der Waals surface area contributed by atoms with E-state index >= 15 is 0 Å². The number of hydrogen-bond acceptors (Lipinski definition) is 10. The van der Waals surface area contributed by atoms with Gasteiger partial charge in [-0.15, -0.1) is 0 Å². The van der Waals surface area contributed by atoms with Crippen LogP contribution < -0.4 is 15.4 Å². The van der Waals surface area contributed by atoms with E-state index in [2.05, 4.69) is 85.5 Å². The molecule has 5 rings (SSSR count). The topological polar surface area (TPSA) is 133 Å². The number of hydrogen-bond donors (Lipinski definition) is 4. The summed E-state index contributed by atoms with van der Waals surface area (Å²) in [6.45, 7) is 16.2. The SMILES string of the molecule is CC(C)N1CCC(c2ccccc2)(c2cc(CCOCCC=O)ccc2O)CC1.CC(C)OCCCN(C)CCNCCc1ccc(O)c2c1OCC(=O)N2. The molecule has 1 fully saturated rings. The Bertz CT molecular complexity index is 1610. The fourth-order valence-corrected chi connectivity index (χ4v) is 7.23. The molecule has 11 heteroatoms. The third-order valence-corrected chi connectivity index (χ3v) is 10.4. The Morgan fingerprint density at radius 1 is 0.945 bits per heavy atom. The number of aromatic hydroxyl groups is 2. The summed E-state index contributed by atoms with van der Waals surface area (Å²) in [7, 11) is 2.12. The lowest BCUT2D eigenvalue weighted by molar-refractivity contribution is -0.118. The Hall–Kier alpha value is -4.00. The summed E-state index contributed by atoms with van der Waals surface area (Å²) in [5.74, 6) is 0.740. The van der Waals surface area contributed by atoms with E-state index in [0.717, 1.165) is 101 Å². The first-order valence-corrected chi connectivity index (χ1v) is 20.0. The highest BCUT2D eigenvalue weighted by Gasteiger charge is 2.40. The van der Waals surface area contributed by atoms with E-state index in [1.165, 1.54) is 5.56 Å². The standard InChI is InChI=1S/C25H33NO3.C19H31N3O4/c1-20(2)26-14-12-25(13-15-26,22-7-4-3-5-8-22)23-19-21(9-10-24(23)28)11-18-29-17-6-16-27;1-14(2)25-12-4-10-22(3)11-9-20-8-7-15-5-6-16(23)18-19(15)26-13-17(24)21-18/h3-5,7-10,16,19-20,28H,6,11-15,17-18H2,1-2H3;5-6,14,20,23H,4,7-13H2,1-3H3,(H,21,24). The number of likely N-dealkylation sites (tertiary alicyclic amines) is 1. The smallest absolute Gasteiger partial charge is 0.262 e. The number of phenolic OH excluding ortho intramolecular Hbond substituents is 2. The zero-order chi connectivity index (χ0) is 39.6. The number of nitrogens with one attached hydrogen (secondary N) is 2. The molecule has 11 nitrogen and oxygen atoms in total. The minimum Gasteiger partial charge on any atom is -0.508 e. The molecule has 4 N–H and O–H groups in total. The first-order chi connectivity index (χ1) is 26.5. The molecule has 0 aromatic heterocycles. The third kappa shape index (κ3) is 13.3. The average Bonchev–Trinajstić information content (AvgIpc) is 3.18. The zero-order valence-electron chi connectivity index (χ0n) is 33.6. The lowest BCUT2D eigenvalue weighted by Gasteiger charge is -2.44. The first-order valence-electron chi connectivity index (χ1n) is 20.0. The van der Waals surface area contributed by atoms with Crippen LogP contribution in [-0.2, 0) is 37.3 Å². The highest BCUT2D eigenvalue weighted by Crippen LogP contribution is 2.46. The Balaban J connectivity index is 0.000000246. The van der Waals surface area contributed by atoms with E-state index in [-0.39, 0.29) is 23.7 Å². The molecule has 0 aliphatic carbocycles. The molecule has 302 valence electrons. The molecule has 0 radical (unpaired) electrons. The van der Waals surface area contributed by atoms with Gasteiger partial charge in [0.2, 0.25) is 0 Å². The van der Waals surface area contributed by atoms with Gasteiger partial charge in [0.1, 0.15) is 23.5 Å². The molecule has 0 saturated carbocycles. The van der Waals surface area contributed by atoms with Gasteiger partial charge in [0.25, 0.3) is 5.91 Å². The number of phenols is 2. The lowest BCUT2D eigenvalue weighted by atomic mass is 9.67. The number of amides is 1. The minimum atomic E-state index is -0.245. The fourth-order valence-electron chi connectivity index (χ4n) is 7.23. The van der Waals surface area contributed by atoms with Crippen LogP contribution in [0.15, 0.2) is 60.7 Å². The Kier molecular flexibility index (Phi) is 17.9.